The number of nitrogens with one attached hydrogen (secondary N) is 1. The molecule has 1 aliphatic rings. The lowest BCUT2D eigenvalue weighted by Gasteiger charge is -2.11. The number of nitrogens with zero attached hydrogens (tertiary/aromatic N) is 3. The summed E-state index contributed by atoms with van der Waals surface area (Å²) in [5.41, 5.74) is 1.85. The number of hydrogen-bond donors (Lipinski definition) is 2. The van der Waals surface area contributed by atoms with E-state index in [1.165, 1.54) is 19.2 Å². The van der Waals surface area contributed by atoms with Crippen molar-refractivity contribution in [1.29, 1.82) is 0 Å². The van der Waals surface area contributed by atoms with E-state index in [0.29, 0.717) is 12.5 Å². The molecule has 0 amide bonds. The lowest BCUT2D eigenvalue weighted by Crippen LogP contribution is -2.14. The Balaban J connectivity index is 2.13. The maximum atomic E-state index is 10.9. The molecule has 1 aliphatic carbocycles. The Morgan fingerprint density at radius 1 is 1.50 bits per heavy atom. The van der Waals surface area contributed by atoms with Gasteiger partial charge in [-0.1, -0.05) is 12.8 Å². The molecule has 1 aromatic heterocycles. The molecule has 2 rings (SSSR count). The second-order valence-corrected chi connectivity index (χ2v) is 4.24. The van der Waals surface area contributed by atoms with Gasteiger partial charge >= 0.3 is 5.69 Å². The number of ether oxygens (including phenoxy) is 1. The van der Waals surface area contributed by atoms with Crippen LogP contribution in [0.25, 0.3) is 0 Å². The van der Waals surface area contributed by atoms with Crippen LogP contribution in [0, 0.1) is 16.0 Å². The number of nitrogens with two attached hydrogens (primary N) is 1. The van der Waals surface area contributed by atoms with E-state index in [2.05, 4.69) is 15.4 Å². The van der Waals surface area contributed by atoms with Crippen LogP contribution in [0.4, 0.5) is 11.5 Å². The first-order valence-corrected chi connectivity index (χ1v) is 5.81. The van der Waals surface area contributed by atoms with Crippen LogP contribution >= 0.6 is 0 Å². The molecule has 0 aromatic carbocycles. The van der Waals surface area contributed by atoms with Gasteiger partial charge in [0.1, 0.15) is 6.33 Å². The third-order valence-corrected chi connectivity index (χ3v) is 3.04. The van der Waals surface area contributed by atoms with Crippen LogP contribution in [-0.4, -0.2) is 21.5 Å². The van der Waals surface area contributed by atoms with Gasteiger partial charge in [-0.15, -0.1) is 0 Å². The second-order valence-electron chi connectivity index (χ2n) is 4.24. The summed E-state index contributed by atoms with van der Waals surface area (Å²) in [6.45, 7) is 0.446. The predicted octanol–water partition coefficient (Wildman–Crippen LogP) is 1.24. The Hall–Kier alpha value is -1.96. The fourth-order valence-electron chi connectivity index (χ4n) is 2.11. The van der Waals surface area contributed by atoms with E-state index in [-0.39, 0.29) is 17.4 Å². The molecule has 8 heteroatoms. The van der Waals surface area contributed by atoms with Crippen LogP contribution in [0.15, 0.2) is 6.33 Å². The Bertz CT molecular complexity index is 434. The first-order valence-electron chi connectivity index (χ1n) is 5.81. The summed E-state index contributed by atoms with van der Waals surface area (Å²) in [5, 5.41) is 10.9. The van der Waals surface area contributed by atoms with E-state index in [9.17, 15) is 10.1 Å². The third-order valence-electron chi connectivity index (χ3n) is 3.04. The van der Waals surface area contributed by atoms with Crippen molar-refractivity contribution in [3.05, 3.63) is 16.4 Å². The monoisotopic (exact) mass is 253 g/mol. The summed E-state index contributed by atoms with van der Waals surface area (Å²) in [5.74, 6) is 5.55. The largest absolute Gasteiger partial charge is 0.472 e. The quantitative estimate of drug-likeness (QED) is 0.460. The molecule has 8 nitrogen and oxygen atoms in total. The first kappa shape index (κ1) is 12.5. The molecule has 18 heavy (non-hydrogen) atoms. The molecule has 0 saturated heterocycles. The van der Waals surface area contributed by atoms with Crippen molar-refractivity contribution in [2.24, 2.45) is 11.8 Å². The topological polar surface area (TPSA) is 116 Å². The highest BCUT2D eigenvalue weighted by molar-refractivity contribution is 5.60. The molecule has 3 N–H and O–H groups in total. The summed E-state index contributed by atoms with van der Waals surface area (Å²) in [4.78, 5) is 17.8. The lowest BCUT2D eigenvalue weighted by atomic mass is 10.1. The van der Waals surface area contributed by atoms with Crippen molar-refractivity contribution in [2.45, 2.75) is 25.7 Å². The van der Waals surface area contributed by atoms with E-state index in [0.717, 1.165) is 12.8 Å². The van der Waals surface area contributed by atoms with Crippen LogP contribution in [0.2, 0.25) is 0 Å². The van der Waals surface area contributed by atoms with Crippen LogP contribution in [0.5, 0.6) is 5.88 Å². The van der Waals surface area contributed by atoms with Gasteiger partial charge in [0.05, 0.1) is 11.5 Å². The Labute approximate surface area is 104 Å². The summed E-state index contributed by atoms with van der Waals surface area (Å²) < 4.78 is 5.44. The van der Waals surface area contributed by atoms with E-state index >= 15 is 0 Å². The van der Waals surface area contributed by atoms with Crippen LogP contribution in [-0.2, 0) is 0 Å². The van der Waals surface area contributed by atoms with E-state index in [1.807, 2.05) is 0 Å². The Morgan fingerprint density at radius 2 is 2.22 bits per heavy atom. The van der Waals surface area contributed by atoms with Crippen molar-refractivity contribution < 1.29 is 9.66 Å². The van der Waals surface area contributed by atoms with E-state index < -0.39 is 4.92 Å². The summed E-state index contributed by atoms with van der Waals surface area (Å²) in [7, 11) is 0. The molecule has 0 unspecified atom stereocenters. The Morgan fingerprint density at radius 3 is 2.83 bits per heavy atom. The third kappa shape index (κ3) is 2.65. The average molecular weight is 253 g/mol. The molecule has 1 heterocycles. The summed E-state index contributed by atoms with van der Waals surface area (Å²) in [6, 6.07) is 0. The number of hydrogen-bond acceptors (Lipinski definition) is 7. The number of nitrogen functional groups attached to an aromatic ring is 1. The maximum absolute atomic E-state index is 10.9. The molecule has 1 aromatic rings. The molecular weight excluding hydrogens is 238 g/mol. The highest BCUT2D eigenvalue weighted by Gasteiger charge is 2.25. The second kappa shape index (κ2) is 5.58. The summed E-state index contributed by atoms with van der Waals surface area (Å²) in [6.07, 6.45) is 5.76. The first-order chi connectivity index (χ1) is 8.72. The van der Waals surface area contributed by atoms with Gasteiger partial charge in [-0.25, -0.2) is 10.8 Å². The molecule has 1 fully saturated rings. The average Bonchev–Trinajstić information content (AvgIpc) is 2.88. The van der Waals surface area contributed by atoms with Crippen LogP contribution in [0.3, 0.4) is 0 Å². The van der Waals surface area contributed by atoms with Crippen molar-refractivity contribution >= 4 is 11.5 Å². The number of aromatic nitrogens is 2. The smallest absolute Gasteiger partial charge is 0.374 e. The highest BCUT2D eigenvalue weighted by Crippen LogP contribution is 2.32. The van der Waals surface area contributed by atoms with Gasteiger partial charge in [-0.05, 0) is 18.8 Å². The lowest BCUT2D eigenvalue weighted by molar-refractivity contribution is -0.385. The molecule has 0 atom stereocenters. The van der Waals surface area contributed by atoms with Gasteiger partial charge in [0, 0.05) is 0 Å². The van der Waals surface area contributed by atoms with Gasteiger partial charge in [-0.3, -0.25) is 10.1 Å². The molecular formula is C10H15N5O3. The predicted molar refractivity (Wildman–Crippen MR) is 63.9 cm³/mol. The van der Waals surface area contributed by atoms with Crippen molar-refractivity contribution in [2.75, 3.05) is 12.0 Å². The van der Waals surface area contributed by atoms with E-state index in [1.54, 1.807) is 0 Å². The van der Waals surface area contributed by atoms with Gasteiger partial charge < -0.3 is 10.2 Å². The van der Waals surface area contributed by atoms with Gasteiger partial charge in [0.15, 0.2) is 0 Å². The number of hydrazine groups is 1. The number of rotatable bonds is 5. The zero-order chi connectivity index (χ0) is 13.0. The Kier molecular flexibility index (Phi) is 3.88. The molecule has 98 valence electrons. The molecule has 0 spiro atoms. The van der Waals surface area contributed by atoms with Crippen molar-refractivity contribution in [3.8, 4) is 5.88 Å². The molecule has 1 saturated carbocycles. The molecule has 0 bridgehead atoms. The molecule has 0 aliphatic heterocycles. The zero-order valence-corrected chi connectivity index (χ0v) is 9.83. The van der Waals surface area contributed by atoms with Crippen LogP contribution in [0.1, 0.15) is 25.7 Å². The zero-order valence-electron chi connectivity index (χ0n) is 9.83. The minimum absolute atomic E-state index is 0.0325. The summed E-state index contributed by atoms with van der Waals surface area (Å²) >= 11 is 0. The fourth-order valence-corrected chi connectivity index (χ4v) is 2.11. The molecule has 0 radical (unpaired) electrons. The minimum Gasteiger partial charge on any atom is -0.472 e. The number of anilines is 1. The van der Waals surface area contributed by atoms with Crippen LogP contribution < -0.4 is 16.0 Å². The normalized spacial score (nSPS) is 15.6. The minimum atomic E-state index is -0.598. The standard InChI is InChI=1S/C10H15N5O3/c11-14-9-8(15(16)17)10(13-6-12-9)18-5-7-3-1-2-4-7/h6-7H,1-5,11H2,(H,12,13,14). The SMILES string of the molecule is NNc1ncnc(OCC2CCCC2)c1[N+](=O)[O-]. The highest BCUT2D eigenvalue weighted by atomic mass is 16.6. The van der Waals surface area contributed by atoms with E-state index in [4.69, 9.17) is 10.6 Å². The van der Waals surface area contributed by atoms with Gasteiger partial charge in [0.25, 0.3) is 5.88 Å². The van der Waals surface area contributed by atoms with Gasteiger partial charge in [-0.2, -0.15) is 4.98 Å². The fraction of sp³-hybridized carbons (Fsp3) is 0.600. The van der Waals surface area contributed by atoms with Crippen molar-refractivity contribution in [1.82, 2.24) is 9.97 Å². The van der Waals surface area contributed by atoms with Crippen molar-refractivity contribution in [3.63, 3.8) is 0 Å². The van der Waals surface area contributed by atoms with Gasteiger partial charge in [0.2, 0.25) is 5.82 Å². The number of nitro groups is 1. The maximum Gasteiger partial charge on any atom is 0.374 e.